The predicted molar refractivity (Wildman–Crippen MR) is 49.0 cm³/mol. The van der Waals surface area contributed by atoms with Gasteiger partial charge in [0.15, 0.2) is 5.71 Å². The van der Waals surface area contributed by atoms with Crippen molar-refractivity contribution < 1.29 is 19.4 Å². The maximum absolute atomic E-state index is 11.0. The Hall–Kier alpha value is -1.11. The summed E-state index contributed by atoms with van der Waals surface area (Å²) < 4.78 is 4.59. The van der Waals surface area contributed by atoms with E-state index in [-0.39, 0.29) is 17.6 Å². The third-order valence-corrected chi connectivity index (χ3v) is 1.46. The van der Waals surface area contributed by atoms with Crippen LogP contribution in [0.1, 0.15) is 6.92 Å². The van der Waals surface area contributed by atoms with E-state index in [4.69, 9.17) is 5.11 Å². The number of alkyl halides is 1. The Morgan fingerprint density at radius 1 is 1.62 bits per heavy atom. The summed E-state index contributed by atoms with van der Waals surface area (Å²) in [6, 6.07) is 0. The zero-order valence-electron chi connectivity index (χ0n) is 6.91. The van der Waals surface area contributed by atoms with Crippen LogP contribution in [0.2, 0.25) is 0 Å². The maximum Gasteiger partial charge on any atom is 0.425 e. The first-order valence-electron chi connectivity index (χ1n) is 3.40. The van der Waals surface area contributed by atoms with Crippen molar-refractivity contribution in [3.63, 3.8) is 0 Å². The van der Waals surface area contributed by atoms with Crippen molar-refractivity contribution in [1.29, 1.82) is 0 Å². The van der Waals surface area contributed by atoms with Gasteiger partial charge in [0.25, 0.3) is 0 Å². The lowest BCUT2D eigenvalue weighted by molar-refractivity contribution is -0.135. The summed E-state index contributed by atoms with van der Waals surface area (Å²) in [5.41, 5.74) is 1.69. The maximum atomic E-state index is 11.0. The van der Waals surface area contributed by atoms with Crippen molar-refractivity contribution in [3.05, 3.63) is 0 Å². The van der Waals surface area contributed by atoms with Gasteiger partial charge in [-0.3, -0.25) is 0 Å². The number of rotatable bonds is 4. The average molecular weight is 253 g/mol. The van der Waals surface area contributed by atoms with Gasteiger partial charge in [-0.15, -0.1) is 0 Å². The number of hydrogen-bond acceptors (Lipinski definition) is 4. The third kappa shape index (κ3) is 5.18. The van der Waals surface area contributed by atoms with Gasteiger partial charge in [0.05, 0.1) is 11.9 Å². The largest absolute Gasteiger partial charge is 0.464 e. The van der Waals surface area contributed by atoms with E-state index < -0.39 is 12.1 Å². The molecule has 0 aliphatic heterocycles. The molecule has 0 aromatic heterocycles. The minimum absolute atomic E-state index is 0.0238. The topological polar surface area (TPSA) is 88.0 Å². The molecule has 0 heterocycles. The normalized spacial score (nSPS) is 10.8. The smallest absolute Gasteiger partial charge is 0.425 e. The summed E-state index contributed by atoms with van der Waals surface area (Å²) in [5, 5.41) is 11.6. The highest BCUT2D eigenvalue weighted by atomic mass is 79.9. The predicted octanol–water partition coefficient (Wildman–Crippen LogP) is 0.568. The van der Waals surface area contributed by atoms with Crippen LogP contribution < -0.4 is 5.43 Å². The number of hydrogen-bond donors (Lipinski definition) is 2. The number of amides is 1. The number of carbonyl (C=O) groups is 2. The summed E-state index contributed by atoms with van der Waals surface area (Å²) in [5.74, 6) is -0.645. The molecule has 7 heteroatoms. The van der Waals surface area contributed by atoms with E-state index in [1.54, 1.807) is 12.3 Å². The average Bonchev–Trinajstić information content (AvgIpc) is 2.05. The van der Waals surface area contributed by atoms with Gasteiger partial charge < -0.3 is 9.84 Å². The van der Waals surface area contributed by atoms with Gasteiger partial charge in [-0.05, 0) is 6.92 Å². The Morgan fingerprint density at radius 3 is 2.62 bits per heavy atom. The van der Waals surface area contributed by atoms with Crippen LogP contribution in [-0.4, -0.2) is 34.8 Å². The van der Waals surface area contributed by atoms with Crippen molar-refractivity contribution >= 4 is 33.7 Å². The fourth-order valence-electron chi connectivity index (χ4n) is 0.460. The number of halogens is 1. The molecule has 0 spiro atoms. The highest BCUT2D eigenvalue weighted by molar-refractivity contribution is 9.09. The van der Waals surface area contributed by atoms with E-state index in [9.17, 15) is 9.59 Å². The molecule has 0 unspecified atom stereocenters. The molecule has 0 aromatic carbocycles. The van der Waals surface area contributed by atoms with Crippen LogP contribution in [0.5, 0.6) is 0 Å². The second-order valence-electron chi connectivity index (χ2n) is 1.83. The molecule has 0 saturated heterocycles. The number of carbonyl (C=O) groups excluding carboxylic acids is 1. The molecule has 0 rings (SSSR count). The first-order valence-corrected chi connectivity index (χ1v) is 4.52. The van der Waals surface area contributed by atoms with E-state index in [2.05, 4.69) is 25.8 Å². The SMILES string of the molecule is CCOC(=O)C(CBr)=NNC(=O)O. The Kier molecular flexibility index (Phi) is 5.86. The Morgan fingerprint density at radius 2 is 2.23 bits per heavy atom. The standard InChI is InChI=1S/C6H9BrN2O4/c1-2-13-5(10)4(3-7)8-9-6(11)12/h9H,2-3H2,1H3,(H,11,12). The van der Waals surface area contributed by atoms with Gasteiger partial charge in [-0.2, -0.15) is 5.10 Å². The molecular formula is C6H9BrN2O4. The highest BCUT2D eigenvalue weighted by Crippen LogP contribution is 1.90. The molecule has 0 aliphatic carbocycles. The van der Waals surface area contributed by atoms with Crippen LogP contribution in [0.25, 0.3) is 0 Å². The second kappa shape index (κ2) is 6.41. The quantitative estimate of drug-likeness (QED) is 0.332. The fourth-order valence-corrected chi connectivity index (χ4v) is 0.814. The zero-order chi connectivity index (χ0) is 10.3. The number of carboxylic acid groups (broad SMARTS) is 1. The summed E-state index contributed by atoms with van der Waals surface area (Å²) in [7, 11) is 0. The van der Waals surface area contributed by atoms with Crippen molar-refractivity contribution in [3.8, 4) is 0 Å². The molecule has 0 aromatic rings. The summed E-state index contributed by atoms with van der Waals surface area (Å²) in [6.07, 6.45) is -1.33. The van der Waals surface area contributed by atoms with E-state index in [0.29, 0.717) is 0 Å². The van der Waals surface area contributed by atoms with Gasteiger partial charge >= 0.3 is 12.1 Å². The molecule has 2 N–H and O–H groups in total. The van der Waals surface area contributed by atoms with Gasteiger partial charge in [0.2, 0.25) is 0 Å². The monoisotopic (exact) mass is 252 g/mol. The van der Waals surface area contributed by atoms with Crippen LogP contribution in [-0.2, 0) is 9.53 Å². The number of nitrogens with one attached hydrogen (secondary N) is 1. The van der Waals surface area contributed by atoms with Crippen molar-refractivity contribution in [2.24, 2.45) is 5.10 Å². The molecule has 0 saturated carbocycles. The Labute approximate surface area is 83.1 Å². The molecule has 0 radical (unpaired) electrons. The van der Waals surface area contributed by atoms with Crippen LogP contribution >= 0.6 is 15.9 Å². The first kappa shape index (κ1) is 11.9. The molecule has 0 fully saturated rings. The van der Waals surface area contributed by atoms with E-state index in [1.165, 1.54) is 0 Å². The van der Waals surface area contributed by atoms with E-state index in [1.807, 2.05) is 0 Å². The summed E-state index contributed by atoms with van der Waals surface area (Å²) in [6.45, 7) is 1.87. The van der Waals surface area contributed by atoms with Crippen LogP contribution in [0, 0.1) is 0 Å². The lowest BCUT2D eigenvalue weighted by Gasteiger charge is -2.01. The van der Waals surface area contributed by atoms with Crippen LogP contribution in [0.15, 0.2) is 5.10 Å². The lowest BCUT2D eigenvalue weighted by atomic mass is 10.4. The van der Waals surface area contributed by atoms with Gasteiger partial charge in [-0.1, -0.05) is 15.9 Å². The molecule has 1 amide bonds. The molecule has 0 aliphatic rings. The van der Waals surface area contributed by atoms with Crippen molar-refractivity contribution in [2.75, 3.05) is 11.9 Å². The van der Waals surface area contributed by atoms with Gasteiger partial charge in [0, 0.05) is 0 Å². The van der Waals surface area contributed by atoms with Gasteiger partial charge in [0.1, 0.15) is 0 Å². The second-order valence-corrected chi connectivity index (χ2v) is 2.39. The van der Waals surface area contributed by atoms with Crippen LogP contribution in [0.4, 0.5) is 4.79 Å². The zero-order valence-corrected chi connectivity index (χ0v) is 8.50. The lowest BCUT2D eigenvalue weighted by Crippen LogP contribution is -2.24. The number of hydrazone groups is 1. The third-order valence-electron chi connectivity index (χ3n) is 0.924. The number of ether oxygens (including phenoxy) is 1. The molecule has 0 atom stereocenters. The molecule has 6 nitrogen and oxygen atoms in total. The summed E-state index contributed by atoms with van der Waals surface area (Å²) >= 11 is 2.97. The van der Waals surface area contributed by atoms with Crippen molar-refractivity contribution in [1.82, 2.24) is 5.43 Å². The highest BCUT2D eigenvalue weighted by Gasteiger charge is 2.11. The Bertz CT molecular complexity index is 229. The van der Waals surface area contributed by atoms with Crippen LogP contribution in [0.3, 0.4) is 0 Å². The Balaban J connectivity index is 4.22. The summed E-state index contributed by atoms with van der Waals surface area (Å²) in [4.78, 5) is 21.0. The van der Waals surface area contributed by atoms with Crippen molar-refractivity contribution in [2.45, 2.75) is 6.92 Å². The molecule has 74 valence electrons. The molecule has 0 bridgehead atoms. The minimum Gasteiger partial charge on any atom is -0.464 e. The van der Waals surface area contributed by atoms with Gasteiger partial charge in [-0.25, -0.2) is 15.0 Å². The fraction of sp³-hybridized carbons (Fsp3) is 0.500. The molecule has 13 heavy (non-hydrogen) atoms. The van der Waals surface area contributed by atoms with E-state index in [0.717, 1.165) is 0 Å². The minimum atomic E-state index is -1.33. The first-order chi connectivity index (χ1) is 6.11. The number of esters is 1. The molecular weight excluding hydrogens is 244 g/mol. The van der Waals surface area contributed by atoms with E-state index >= 15 is 0 Å². The number of nitrogens with zero attached hydrogens (tertiary/aromatic N) is 1.